The zero-order valence-corrected chi connectivity index (χ0v) is 16.4. The highest BCUT2D eigenvalue weighted by molar-refractivity contribution is 7.98. The molecule has 28 heavy (non-hydrogen) atoms. The Bertz CT molecular complexity index is 1090. The summed E-state index contributed by atoms with van der Waals surface area (Å²) < 4.78 is 13.4. The number of hydrogen-bond acceptors (Lipinski definition) is 7. The van der Waals surface area contributed by atoms with E-state index in [1.807, 2.05) is 30.3 Å². The van der Waals surface area contributed by atoms with Gasteiger partial charge in [0, 0.05) is 5.92 Å². The molecule has 0 bridgehead atoms. The van der Waals surface area contributed by atoms with Crippen molar-refractivity contribution in [2.75, 3.05) is 0 Å². The second kappa shape index (κ2) is 7.44. The van der Waals surface area contributed by atoms with Crippen LogP contribution >= 0.6 is 23.4 Å². The van der Waals surface area contributed by atoms with Gasteiger partial charge in [-0.25, -0.2) is 0 Å². The molecule has 0 saturated heterocycles. The molecular weight excluding hydrogens is 398 g/mol. The molecule has 1 fully saturated rings. The molecule has 0 spiro atoms. The van der Waals surface area contributed by atoms with Crippen molar-refractivity contribution < 1.29 is 8.83 Å². The quantitative estimate of drug-likeness (QED) is 0.402. The normalized spacial score (nSPS) is 13.9. The monoisotopic (exact) mass is 413 g/mol. The molecule has 0 atom stereocenters. The van der Waals surface area contributed by atoms with Gasteiger partial charge in [-0.1, -0.05) is 35.5 Å². The van der Waals surface area contributed by atoms with Crippen molar-refractivity contribution in [3.8, 4) is 11.5 Å². The van der Waals surface area contributed by atoms with Gasteiger partial charge in [-0.05, 0) is 37.1 Å². The number of halogens is 1. The maximum absolute atomic E-state index is 6.20. The summed E-state index contributed by atoms with van der Waals surface area (Å²) >= 11 is 7.72. The van der Waals surface area contributed by atoms with Gasteiger partial charge < -0.3 is 8.83 Å². The number of nitrogens with zero attached hydrogens (tertiary/aromatic N) is 5. The van der Waals surface area contributed by atoms with Gasteiger partial charge in [-0.15, -0.1) is 20.4 Å². The Labute approximate surface area is 170 Å². The number of rotatable bonds is 7. The molecule has 1 aromatic carbocycles. The van der Waals surface area contributed by atoms with Crippen LogP contribution in [0.5, 0.6) is 0 Å². The van der Waals surface area contributed by atoms with E-state index >= 15 is 0 Å². The molecule has 5 rings (SSSR count). The molecule has 0 N–H and O–H groups in total. The van der Waals surface area contributed by atoms with E-state index in [1.54, 1.807) is 12.3 Å². The molecule has 3 aromatic heterocycles. The third kappa shape index (κ3) is 3.57. The molecule has 1 saturated carbocycles. The summed E-state index contributed by atoms with van der Waals surface area (Å²) in [5.74, 6) is 3.81. The number of furan rings is 1. The summed E-state index contributed by atoms with van der Waals surface area (Å²) in [5, 5.41) is 18.4. The molecule has 1 aliphatic rings. The molecule has 0 radical (unpaired) electrons. The summed E-state index contributed by atoms with van der Waals surface area (Å²) in [5.41, 5.74) is 0.727. The van der Waals surface area contributed by atoms with Crippen LogP contribution in [0.1, 0.15) is 36.2 Å². The van der Waals surface area contributed by atoms with Crippen LogP contribution < -0.4 is 0 Å². The molecule has 4 aromatic rings. The van der Waals surface area contributed by atoms with Gasteiger partial charge in [0.1, 0.15) is 11.6 Å². The smallest absolute Gasteiger partial charge is 0.249 e. The van der Waals surface area contributed by atoms with Gasteiger partial charge in [0.15, 0.2) is 5.16 Å². The Hall–Kier alpha value is -2.58. The number of thioether (sulfide) groups is 1. The third-order valence-electron chi connectivity index (χ3n) is 4.48. The summed E-state index contributed by atoms with van der Waals surface area (Å²) in [4.78, 5) is 0. The van der Waals surface area contributed by atoms with Crippen LogP contribution in [0.3, 0.4) is 0 Å². The Morgan fingerprint density at radius 2 is 1.96 bits per heavy atom. The van der Waals surface area contributed by atoms with E-state index in [0.717, 1.165) is 35.1 Å². The van der Waals surface area contributed by atoms with Gasteiger partial charge in [0.25, 0.3) is 0 Å². The average molecular weight is 414 g/mol. The fourth-order valence-electron chi connectivity index (χ4n) is 2.94. The van der Waals surface area contributed by atoms with Crippen LogP contribution in [0, 0.1) is 0 Å². The van der Waals surface area contributed by atoms with Gasteiger partial charge in [0.05, 0.1) is 29.1 Å². The Morgan fingerprint density at radius 1 is 1.07 bits per heavy atom. The lowest BCUT2D eigenvalue weighted by Crippen LogP contribution is -2.05. The van der Waals surface area contributed by atoms with Crippen molar-refractivity contribution in [3.63, 3.8) is 0 Å². The van der Waals surface area contributed by atoms with Crippen LogP contribution in [0.4, 0.5) is 0 Å². The summed E-state index contributed by atoms with van der Waals surface area (Å²) in [6.45, 7) is 0.614. The number of aromatic nitrogens is 5. The predicted octanol–water partition coefficient (Wildman–Crippen LogP) is 4.79. The molecule has 9 heteroatoms. The topological polar surface area (TPSA) is 82.8 Å². The van der Waals surface area contributed by atoms with Crippen LogP contribution in [0.15, 0.2) is 56.7 Å². The van der Waals surface area contributed by atoms with Gasteiger partial charge in [-0.3, -0.25) is 4.57 Å². The predicted molar refractivity (Wildman–Crippen MR) is 104 cm³/mol. The minimum Gasteiger partial charge on any atom is -0.467 e. The minimum atomic E-state index is 0.414. The average Bonchev–Trinajstić information content (AvgIpc) is 3.10. The second-order valence-corrected chi connectivity index (χ2v) is 7.90. The van der Waals surface area contributed by atoms with Crippen molar-refractivity contribution in [2.45, 2.75) is 36.2 Å². The van der Waals surface area contributed by atoms with E-state index in [1.165, 1.54) is 11.8 Å². The molecule has 0 aliphatic heterocycles. The van der Waals surface area contributed by atoms with Crippen molar-refractivity contribution in [3.05, 3.63) is 65.2 Å². The summed E-state index contributed by atoms with van der Waals surface area (Å²) in [7, 11) is 0. The van der Waals surface area contributed by atoms with Crippen LogP contribution in [-0.4, -0.2) is 25.0 Å². The minimum absolute atomic E-state index is 0.414. The van der Waals surface area contributed by atoms with Crippen molar-refractivity contribution in [1.82, 2.24) is 25.0 Å². The highest BCUT2D eigenvalue weighted by Gasteiger charge is 2.30. The van der Waals surface area contributed by atoms with E-state index in [4.69, 9.17) is 20.4 Å². The van der Waals surface area contributed by atoms with Gasteiger partial charge in [-0.2, -0.15) is 0 Å². The van der Waals surface area contributed by atoms with E-state index in [0.29, 0.717) is 35.0 Å². The zero-order chi connectivity index (χ0) is 18.9. The SMILES string of the molecule is Clc1ccccc1-c1nnc(CSc2nnc(C3CC3)n2Cc2ccco2)o1. The fraction of sp³-hybridized carbons (Fsp3) is 0.263. The molecule has 7 nitrogen and oxygen atoms in total. The zero-order valence-electron chi connectivity index (χ0n) is 14.8. The van der Waals surface area contributed by atoms with E-state index in [-0.39, 0.29) is 0 Å². The molecular formula is C19H16ClN5O2S. The lowest BCUT2D eigenvalue weighted by atomic mass is 10.2. The molecule has 1 aliphatic carbocycles. The maximum Gasteiger partial charge on any atom is 0.249 e. The first-order valence-electron chi connectivity index (χ1n) is 8.93. The third-order valence-corrected chi connectivity index (χ3v) is 5.76. The highest BCUT2D eigenvalue weighted by atomic mass is 35.5. The van der Waals surface area contributed by atoms with Gasteiger partial charge in [0.2, 0.25) is 11.8 Å². The first-order valence-corrected chi connectivity index (χ1v) is 10.3. The summed E-state index contributed by atoms with van der Waals surface area (Å²) in [6, 6.07) is 11.2. The lowest BCUT2D eigenvalue weighted by Gasteiger charge is -2.07. The van der Waals surface area contributed by atoms with Crippen LogP contribution in [0.25, 0.3) is 11.5 Å². The molecule has 3 heterocycles. The van der Waals surface area contributed by atoms with Crippen LogP contribution in [0.2, 0.25) is 5.02 Å². The molecule has 0 amide bonds. The Morgan fingerprint density at radius 3 is 2.75 bits per heavy atom. The van der Waals surface area contributed by atoms with E-state index in [2.05, 4.69) is 25.0 Å². The summed E-state index contributed by atoms with van der Waals surface area (Å²) in [6.07, 6.45) is 4.00. The van der Waals surface area contributed by atoms with Crippen molar-refractivity contribution in [2.24, 2.45) is 0 Å². The molecule has 142 valence electrons. The largest absolute Gasteiger partial charge is 0.467 e. The second-order valence-electron chi connectivity index (χ2n) is 6.55. The fourth-order valence-corrected chi connectivity index (χ4v) is 3.94. The first kappa shape index (κ1) is 17.5. The van der Waals surface area contributed by atoms with E-state index in [9.17, 15) is 0 Å². The van der Waals surface area contributed by atoms with E-state index < -0.39 is 0 Å². The lowest BCUT2D eigenvalue weighted by molar-refractivity contribution is 0.478. The van der Waals surface area contributed by atoms with Crippen LogP contribution in [-0.2, 0) is 12.3 Å². The molecule has 0 unspecified atom stereocenters. The Kier molecular flexibility index (Phi) is 4.66. The number of benzene rings is 1. The van der Waals surface area contributed by atoms with Crippen molar-refractivity contribution >= 4 is 23.4 Å². The Balaban J connectivity index is 1.34. The number of hydrogen-bond donors (Lipinski definition) is 0. The highest BCUT2D eigenvalue weighted by Crippen LogP contribution is 2.40. The standard InChI is InChI=1S/C19H16ClN5O2S/c20-15-6-2-1-5-14(15)18-23-21-16(27-18)11-28-19-24-22-17(12-7-8-12)25(19)10-13-4-3-9-26-13/h1-6,9,12H,7-8,10-11H2. The first-order chi connectivity index (χ1) is 13.8. The van der Waals surface area contributed by atoms with Crippen molar-refractivity contribution in [1.29, 1.82) is 0 Å². The van der Waals surface area contributed by atoms with Gasteiger partial charge >= 0.3 is 0 Å². The maximum atomic E-state index is 6.20.